The SMILES string of the molecule is Cc1cnc(-c2ccccc2)c(-c2ccc(C(=O)NC[C@@H](C)O)cc2)c1.Cl. The minimum Gasteiger partial charge on any atom is -0.392 e. The van der Waals surface area contributed by atoms with Gasteiger partial charge in [0.15, 0.2) is 0 Å². The summed E-state index contributed by atoms with van der Waals surface area (Å²) in [5.74, 6) is -0.192. The highest BCUT2D eigenvalue weighted by Gasteiger charge is 2.11. The third-order valence-corrected chi connectivity index (χ3v) is 4.09. The molecule has 1 atom stereocenters. The van der Waals surface area contributed by atoms with E-state index in [0.29, 0.717) is 5.56 Å². The molecule has 3 aromatic rings. The maximum absolute atomic E-state index is 12.1. The van der Waals surface area contributed by atoms with Gasteiger partial charge in [0, 0.05) is 29.4 Å². The topological polar surface area (TPSA) is 62.2 Å². The number of hydrogen-bond donors (Lipinski definition) is 2. The number of aliphatic hydroxyl groups is 1. The third-order valence-electron chi connectivity index (χ3n) is 4.09. The number of halogens is 1. The lowest BCUT2D eigenvalue weighted by Gasteiger charge is -2.11. The molecule has 2 aromatic carbocycles. The predicted molar refractivity (Wildman–Crippen MR) is 111 cm³/mol. The molecule has 0 fully saturated rings. The van der Waals surface area contributed by atoms with Gasteiger partial charge in [0.2, 0.25) is 0 Å². The second kappa shape index (κ2) is 9.31. The Hall–Kier alpha value is -2.69. The Bertz CT molecular complexity index is 894. The van der Waals surface area contributed by atoms with Crippen molar-refractivity contribution in [3.63, 3.8) is 0 Å². The zero-order chi connectivity index (χ0) is 18.5. The molecule has 1 amide bonds. The van der Waals surface area contributed by atoms with Crippen molar-refractivity contribution in [3.05, 3.63) is 78.0 Å². The average molecular weight is 383 g/mol. The van der Waals surface area contributed by atoms with Gasteiger partial charge in [0.05, 0.1) is 11.8 Å². The van der Waals surface area contributed by atoms with Gasteiger partial charge in [0.25, 0.3) is 5.91 Å². The Balaban J connectivity index is 0.00000261. The van der Waals surface area contributed by atoms with Crippen LogP contribution in [0.2, 0.25) is 0 Å². The Morgan fingerprint density at radius 3 is 2.37 bits per heavy atom. The summed E-state index contributed by atoms with van der Waals surface area (Å²) in [6, 6.07) is 19.6. The van der Waals surface area contributed by atoms with Crippen molar-refractivity contribution in [1.29, 1.82) is 0 Å². The molecule has 0 aliphatic heterocycles. The van der Waals surface area contributed by atoms with Crippen LogP contribution in [0.25, 0.3) is 22.4 Å². The molecule has 1 heterocycles. The smallest absolute Gasteiger partial charge is 0.251 e. The molecule has 0 saturated carbocycles. The van der Waals surface area contributed by atoms with Gasteiger partial charge in [0.1, 0.15) is 0 Å². The van der Waals surface area contributed by atoms with Crippen molar-refractivity contribution in [2.24, 2.45) is 0 Å². The number of carbonyl (C=O) groups is 1. The van der Waals surface area contributed by atoms with E-state index < -0.39 is 6.10 Å². The van der Waals surface area contributed by atoms with E-state index >= 15 is 0 Å². The van der Waals surface area contributed by atoms with E-state index in [9.17, 15) is 9.90 Å². The number of aromatic nitrogens is 1. The highest BCUT2D eigenvalue weighted by Crippen LogP contribution is 2.31. The van der Waals surface area contributed by atoms with Gasteiger partial charge in [-0.05, 0) is 43.2 Å². The van der Waals surface area contributed by atoms with Gasteiger partial charge in [-0.1, -0.05) is 42.5 Å². The zero-order valence-corrected chi connectivity index (χ0v) is 16.2. The minimum atomic E-state index is -0.565. The summed E-state index contributed by atoms with van der Waals surface area (Å²) in [6.45, 7) is 3.89. The van der Waals surface area contributed by atoms with Crippen molar-refractivity contribution in [2.75, 3.05) is 6.54 Å². The standard InChI is InChI=1S/C22H22N2O2.ClH/c1-15-12-20(21(23-13-15)18-6-4-3-5-7-18)17-8-10-19(11-9-17)22(26)24-14-16(2)25;/h3-13,16,25H,14H2,1-2H3,(H,24,26);1H/t16-;/m1./s1. The van der Waals surface area contributed by atoms with Crippen molar-refractivity contribution in [2.45, 2.75) is 20.0 Å². The average Bonchev–Trinajstić information content (AvgIpc) is 2.67. The monoisotopic (exact) mass is 382 g/mol. The molecule has 4 nitrogen and oxygen atoms in total. The Morgan fingerprint density at radius 2 is 1.74 bits per heavy atom. The summed E-state index contributed by atoms with van der Waals surface area (Å²) in [5.41, 5.74) is 5.66. The summed E-state index contributed by atoms with van der Waals surface area (Å²) < 4.78 is 0. The van der Waals surface area contributed by atoms with Gasteiger partial charge < -0.3 is 10.4 Å². The van der Waals surface area contributed by atoms with E-state index in [4.69, 9.17) is 0 Å². The van der Waals surface area contributed by atoms with Crippen LogP contribution in [-0.2, 0) is 0 Å². The quantitative estimate of drug-likeness (QED) is 0.693. The second-order valence-corrected chi connectivity index (χ2v) is 6.41. The van der Waals surface area contributed by atoms with Crippen LogP contribution < -0.4 is 5.32 Å². The maximum Gasteiger partial charge on any atom is 0.251 e. The second-order valence-electron chi connectivity index (χ2n) is 6.41. The van der Waals surface area contributed by atoms with Crippen molar-refractivity contribution in [1.82, 2.24) is 10.3 Å². The maximum atomic E-state index is 12.1. The van der Waals surface area contributed by atoms with Crippen LogP contribution in [-0.4, -0.2) is 28.6 Å². The first-order valence-electron chi connectivity index (χ1n) is 8.63. The zero-order valence-electron chi connectivity index (χ0n) is 15.3. The number of benzene rings is 2. The molecule has 0 bridgehead atoms. The summed E-state index contributed by atoms with van der Waals surface area (Å²) in [4.78, 5) is 16.7. The van der Waals surface area contributed by atoms with E-state index in [1.165, 1.54) is 0 Å². The number of rotatable bonds is 5. The fraction of sp³-hybridized carbons (Fsp3) is 0.182. The molecule has 0 saturated heterocycles. The highest BCUT2D eigenvalue weighted by molar-refractivity contribution is 5.95. The first kappa shape index (κ1) is 20.6. The first-order chi connectivity index (χ1) is 12.5. The number of nitrogens with zero attached hydrogens (tertiary/aromatic N) is 1. The fourth-order valence-electron chi connectivity index (χ4n) is 2.76. The van der Waals surface area contributed by atoms with Crippen LogP contribution in [0.5, 0.6) is 0 Å². The van der Waals surface area contributed by atoms with Crippen LogP contribution in [0.15, 0.2) is 66.9 Å². The van der Waals surface area contributed by atoms with E-state index in [2.05, 4.69) is 16.4 Å². The number of aryl methyl sites for hydroxylation is 1. The Kier molecular flexibility index (Phi) is 7.11. The molecule has 2 N–H and O–H groups in total. The van der Waals surface area contributed by atoms with E-state index in [1.807, 2.05) is 55.6 Å². The Labute approximate surface area is 165 Å². The number of nitrogens with one attached hydrogen (secondary N) is 1. The first-order valence-corrected chi connectivity index (χ1v) is 8.63. The number of amides is 1. The number of aliphatic hydroxyl groups excluding tert-OH is 1. The summed E-state index contributed by atoms with van der Waals surface area (Å²) in [5, 5.41) is 12.0. The van der Waals surface area contributed by atoms with Crippen LogP contribution in [0.3, 0.4) is 0 Å². The van der Waals surface area contributed by atoms with E-state index in [1.54, 1.807) is 19.1 Å². The van der Waals surface area contributed by atoms with E-state index in [-0.39, 0.29) is 24.9 Å². The molecule has 0 aliphatic carbocycles. The molecule has 0 unspecified atom stereocenters. The molecule has 5 heteroatoms. The van der Waals surface area contributed by atoms with E-state index in [0.717, 1.165) is 27.9 Å². The largest absolute Gasteiger partial charge is 0.392 e. The molecule has 27 heavy (non-hydrogen) atoms. The third kappa shape index (κ3) is 5.16. The lowest BCUT2D eigenvalue weighted by Crippen LogP contribution is -2.30. The number of carbonyl (C=O) groups excluding carboxylic acids is 1. The molecular weight excluding hydrogens is 360 g/mol. The normalized spacial score (nSPS) is 11.4. The molecule has 1 aromatic heterocycles. The van der Waals surface area contributed by atoms with Crippen LogP contribution >= 0.6 is 12.4 Å². The minimum absolute atomic E-state index is 0. The molecule has 0 aliphatic rings. The summed E-state index contributed by atoms with van der Waals surface area (Å²) in [7, 11) is 0. The lowest BCUT2D eigenvalue weighted by molar-refractivity contribution is 0.0924. The highest BCUT2D eigenvalue weighted by atomic mass is 35.5. The van der Waals surface area contributed by atoms with Gasteiger partial charge in [-0.15, -0.1) is 12.4 Å². The number of pyridine rings is 1. The Morgan fingerprint density at radius 1 is 1.07 bits per heavy atom. The van der Waals surface area contributed by atoms with Crippen LogP contribution in [0, 0.1) is 6.92 Å². The van der Waals surface area contributed by atoms with Crippen molar-refractivity contribution in [3.8, 4) is 22.4 Å². The molecule has 140 valence electrons. The molecule has 0 radical (unpaired) electrons. The molecular formula is C22H23ClN2O2. The van der Waals surface area contributed by atoms with Crippen LogP contribution in [0.4, 0.5) is 0 Å². The van der Waals surface area contributed by atoms with Gasteiger partial charge >= 0.3 is 0 Å². The van der Waals surface area contributed by atoms with Gasteiger partial charge in [-0.3, -0.25) is 9.78 Å². The number of hydrogen-bond acceptors (Lipinski definition) is 3. The predicted octanol–water partition coefficient (Wildman–Crippen LogP) is 4.26. The van der Waals surface area contributed by atoms with Gasteiger partial charge in [-0.2, -0.15) is 0 Å². The molecule has 0 spiro atoms. The molecule has 3 rings (SSSR count). The summed E-state index contributed by atoms with van der Waals surface area (Å²) >= 11 is 0. The van der Waals surface area contributed by atoms with Gasteiger partial charge in [-0.25, -0.2) is 0 Å². The van der Waals surface area contributed by atoms with Crippen molar-refractivity contribution >= 4 is 18.3 Å². The summed E-state index contributed by atoms with van der Waals surface area (Å²) in [6.07, 6.45) is 1.30. The lowest BCUT2D eigenvalue weighted by atomic mass is 9.97. The van der Waals surface area contributed by atoms with Crippen molar-refractivity contribution < 1.29 is 9.90 Å². The van der Waals surface area contributed by atoms with Crippen LogP contribution in [0.1, 0.15) is 22.8 Å². The fourth-order valence-corrected chi connectivity index (χ4v) is 2.76.